The van der Waals surface area contributed by atoms with Crippen molar-refractivity contribution in [1.82, 2.24) is 10.3 Å². The summed E-state index contributed by atoms with van der Waals surface area (Å²) in [6, 6.07) is 15.1. The van der Waals surface area contributed by atoms with Crippen LogP contribution in [0, 0.1) is 11.3 Å². The van der Waals surface area contributed by atoms with Crippen LogP contribution in [0.4, 0.5) is 0 Å². The predicted molar refractivity (Wildman–Crippen MR) is 107 cm³/mol. The van der Waals surface area contributed by atoms with Gasteiger partial charge in [-0.05, 0) is 23.6 Å². The molecule has 0 saturated heterocycles. The minimum Gasteiger partial charge on any atom is -0.394 e. The second kappa shape index (κ2) is 9.15. The summed E-state index contributed by atoms with van der Waals surface area (Å²) >= 11 is 0. The topological polar surface area (TPSA) is 126 Å². The Labute approximate surface area is 167 Å². The van der Waals surface area contributed by atoms with Crippen molar-refractivity contribution in [2.24, 2.45) is 0 Å². The number of amides is 1. The Morgan fingerprint density at radius 2 is 1.86 bits per heavy atom. The highest BCUT2D eigenvalue weighted by Gasteiger charge is 2.27. The summed E-state index contributed by atoms with van der Waals surface area (Å²) in [5.41, 5.74) is 2.40. The minimum atomic E-state index is -1.19. The van der Waals surface area contributed by atoms with Gasteiger partial charge in [-0.15, -0.1) is 0 Å². The largest absolute Gasteiger partial charge is 0.394 e. The number of carbonyl (C=O) groups is 2. The lowest BCUT2D eigenvalue weighted by Crippen LogP contribution is -2.44. The van der Waals surface area contributed by atoms with E-state index in [1.165, 1.54) is 6.20 Å². The number of hydrogen-bond acceptors (Lipinski definition) is 5. The number of aliphatic hydroxyl groups is 2. The summed E-state index contributed by atoms with van der Waals surface area (Å²) in [5.74, 6) is -1.65. The Hall–Kier alpha value is -3.47. The van der Waals surface area contributed by atoms with Crippen molar-refractivity contribution >= 4 is 22.6 Å². The molecular formula is C22H21N3O4. The first kappa shape index (κ1) is 20.3. The van der Waals surface area contributed by atoms with E-state index >= 15 is 0 Å². The maximum atomic E-state index is 12.6. The van der Waals surface area contributed by atoms with Crippen molar-refractivity contribution < 1.29 is 19.8 Å². The molecule has 2 aromatic carbocycles. The van der Waals surface area contributed by atoms with E-state index < -0.39 is 30.4 Å². The number of aliphatic hydroxyl groups excluding tert-OH is 2. The summed E-state index contributed by atoms with van der Waals surface area (Å²) in [6.07, 6.45) is 1.28. The first-order chi connectivity index (χ1) is 14.0. The summed E-state index contributed by atoms with van der Waals surface area (Å²) in [4.78, 5) is 27.9. The molecule has 0 aliphatic heterocycles. The van der Waals surface area contributed by atoms with Gasteiger partial charge < -0.3 is 20.5 Å². The van der Waals surface area contributed by atoms with Crippen LogP contribution in [0.1, 0.15) is 34.0 Å². The molecule has 0 aliphatic carbocycles. The zero-order valence-corrected chi connectivity index (χ0v) is 15.6. The second-order valence-corrected chi connectivity index (χ2v) is 6.68. The number of hydrogen-bond donors (Lipinski definition) is 4. The number of aromatic nitrogens is 1. The van der Waals surface area contributed by atoms with Crippen molar-refractivity contribution in [3.05, 3.63) is 71.4 Å². The van der Waals surface area contributed by atoms with E-state index in [4.69, 9.17) is 5.26 Å². The smallest absolute Gasteiger partial charge is 0.292 e. The quantitative estimate of drug-likeness (QED) is 0.345. The minimum absolute atomic E-state index is 0.228. The van der Waals surface area contributed by atoms with E-state index in [9.17, 15) is 19.8 Å². The van der Waals surface area contributed by atoms with Gasteiger partial charge in [-0.1, -0.05) is 42.5 Å². The number of nitrogens with zero attached hydrogens (tertiary/aromatic N) is 1. The van der Waals surface area contributed by atoms with Gasteiger partial charge in [-0.2, -0.15) is 5.26 Å². The molecule has 0 fully saturated rings. The summed E-state index contributed by atoms with van der Waals surface area (Å²) in [5, 5.41) is 31.9. The van der Waals surface area contributed by atoms with E-state index in [1.807, 2.05) is 6.07 Å². The molecule has 4 N–H and O–H groups in total. The summed E-state index contributed by atoms with van der Waals surface area (Å²) in [7, 11) is 0. The number of H-pyrrole nitrogens is 1. The Kier molecular flexibility index (Phi) is 6.39. The van der Waals surface area contributed by atoms with Crippen LogP contribution in [0.25, 0.3) is 10.9 Å². The van der Waals surface area contributed by atoms with Gasteiger partial charge >= 0.3 is 0 Å². The van der Waals surface area contributed by atoms with Crippen molar-refractivity contribution in [2.45, 2.75) is 25.0 Å². The molecule has 29 heavy (non-hydrogen) atoms. The van der Waals surface area contributed by atoms with Gasteiger partial charge in [0.15, 0.2) is 0 Å². The molecule has 0 aliphatic rings. The molecule has 0 bridgehead atoms. The fourth-order valence-corrected chi connectivity index (χ4v) is 3.15. The maximum Gasteiger partial charge on any atom is 0.292 e. The number of aromatic amines is 1. The van der Waals surface area contributed by atoms with Crippen LogP contribution < -0.4 is 5.32 Å². The fraction of sp³-hybridized carbons (Fsp3) is 0.227. The third-order valence-corrected chi connectivity index (χ3v) is 4.78. The molecule has 7 nitrogen and oxygen atoms in total. The zero-order chi connectivity index (χ0) is 20.8. The number of rotatable bonds is 8. The first-order valence-corrected chi connectivity index (χ1v) is 9.21. The molecule has 148 valence electrons. The highest BCUT2D eigenvalue weighted by molar-refractivity contribution is 6.45. The van der Waals surface area contributed by atoms with E-state index in [0.29, 0.717) is 23.8 Å². The van der Waals surface area contributed by atoms with Crippen LogP contribution in [-0.2, 0) is 11.2 Å². The molecule has 1 amide bonds. The van der Waals surface area contributed by atoms with Gasteiger partial charge in [-0.25, -0.2) is 0 Å². The molecule has 0 spiro atoms. The molecule has 1 aromatic heterocycles. The first-order valence-electron chi connectivity index (χ1n) is 9.21. The van der Waals surface area contributed by atoms with E-state index in [0.717, 1.165) is 11.1 Å². The average molecular weight is 391 g/mol. The zero-order valence-electron chi connectivity index (χ0n) is 15.6. The number of fused-ring (bicyclic) bond motifs is 1. The standard InChI is InChI=1S/C22H21N3O4/c23-11-3-4-14-7-9-15(10-8-14)20(27)19(13-26)25-22(29)21(28)17-12-24-18-6-2-1-5-16(17)18/h1-2,5-10,12,19-20,24,26-27H,3-4,13H2,(H,25,29)/t19-,20-/m1/s1. The van der Waals surface area contributed by atoms with Crippen LogP contribution in [-0.4, -0.2) is 39.5 Å². The van der Waals surface area contributed by atoms with Crippen molar-refractivity contribution in [1.29, 1.82) is 5.26 Å². The maximum absolute atomic E-state index is 12.6. The van der Waals surface area contributed by atoms with Gasteiger partial charge in [0.05, 0.1) is 24.3 Å². The number of nitrogens with one attached hydrogen (secondary N) is 2. The van der Waals surface area contributed by atoms with Gasteiger partial charge in [0, 0.05) is 23.5 Å². The van der Waals surface area contributed by atoms with Crippen molar-refractivity contribution in [2.75, 3.05) is 6.61 Å². The van der Waals surface area contributed by atoms with Gasteiger partial charge in [0.2, 0.25) is 0 Å². The Bertz CT molecular complexity index is 1050. The third-order valence-electron chi connectivity index (χ3n) is 4.78. The monoisotopic (exact) mass is 391 g/mol. The second-order valence-electron chi connectivity index (χ2n) is 6.68. The highest BCUT2D eigenvalue weighted by Crippen LogP contribution is 2.20. The average Bonchev–Trinajstić information content (AvgIpc) is 3.19. The molecule has 0 saturated carbocycles. The summed E-state index contributed by atoms with van der Waals surface area (Å²) in [6.45, 7) is -0.537. The molecule has 3 rings (SSSR count). The van der Waals surface area contributed by atoms with E-state index in [1.54, 1.807) is 42.5 Å². The van der Waals surface area contributed by atoms with Crippen molar-refractivity contribution in [3.8, 4) is 6.07 Å². The van der Waals surface area contributed by atoms with Crippen LogP contribution in [0.3, 0.4) is 0 Å². The number of nitriles is 1. The Morgan fingerprint density at radius 1 is 1.14 bits per heavy atom. The van der Waals surface area contributed by atoms with Gasteiger partial charge in [0.1, 0.15) is 6.10 Å². The van der Waals surface area contributed by atoms with Crippen LogP contribution in [0.2, 0.25) is 0 Å². The molecule has 0 unspecified atom stereocenters. The SMILES string of the molecule is N#CCCc1ccc([C@@H](O)[C@@H](CO)NC(=O)C(=O)c2c[nH]c3ccccc23)cc1. The van der Waals surface area contributed by atoms with Crippen LogP contribution >= 0.6 is 0 Å². The van der Waals surface area contributed by atoms with Gasteiger partial charge in [-0.3, -0.25) is 9.59 Å². The molecule has 3 aromatic rings. The molecule has 0 radical (unpaired) electrons. The normalized spacial score (nSPS) is 12.9. The molecule has 7 heteroatoms. The fourth-order valence-electron chi connectivity index (χ4n) is 3.15. The predicted octanol–water partition coefficient (Wildman–Crippen LogP) is 2.02. The van der Waals surface area contributed by atoms with Crippen LogP contribution in [0.15, 0.2) is 54.7 Å². The molecule has 2 atom stereocenters. The molecule has 1 heterocycles. The van der Waals surface area contributed by atoms with E-state index in [-0.39, 0.29) is 5.56 Å². The Morgan fingerprint density at radius 3 is 2.55 bits per heavy atom. The van der Waals surface area contributed by atoms with Crippen LogP contribution in [0.5, 0.6) is 0 Å². The van der Waals surface area contributed by atoms with E-state index in [2.05, 4.69) is 16.4 Å². The summed E-state index contributed by atoms with van der Waals surface area (Å²) < 4.78 is 0. The molecular weight excluding hydrogens is 370 g/mol. The number of para-hydroxylation sites is 1. The number of aryl methyl sites for hydroxylation is 1. The number of ketones is 1. The number of benzene rings is 2. The van der Waals surface area contributed by atoms with Crippen molar-refractivity contribution in [3.63, 3.8) is 0 Å². The lowest BCUT2D eigenvalue weighted by molar-refractivity contribution is -0.119. The lowest BCUT2D eigenvalue weighted by atomic mass is 9.99. The number of carbonyl (C=O) groups excluding carboxylic acids is 2. The van der Waals surface area contributed by atoms with Gasteiger partial charge in [0.25, 0.3) is 11.7 Å². The highest BCUT2D eigenvalue weighted by atomic mass is 16.3. The Balaban J connectivity index is 1.70. The third kappa shape index (κ3) is 4.51. The lowest BCUT2D eigenvalue weighted by Gasteiger charge is -2.22. The number of Topliss-reactive ketones (excluding diaryl/α,β-unsaturated/α-hetero) is 1.